The summed E-state index contributed by atoms with van der Waals surface area (Å²) in [6.07, 6.45) is 3.93. The molecule has 68 valence electrons. The van der Waals surface area contributed by atoms with E-state index < -0.39 is 0 Å². The summed E-state index contributed by atoms with van der Waals surface area (Å²) in [6.45, 7) is 5.04. The van der Waals surface area contributed by atoms with Gasteiger partial charge < -0.3 is 10.2 Å². The Kier molecular flexibility index (Phi) is 3.29. The normalized spacial score (nSPS) is 16.2. The number of nitrogens with zero attached hydrogens (tertiary/aromatic N) is 1. The Morgan fingerprint density at radius 2 is 2.42 bits per heavy atom. The van der Waals surface area contributed by atoms with Crippen molar-refractivity contribution in [2.24, 2.45) is 0 Å². The molecule has 0 aromatic heterocycles. The lowest BCUT2D eigenvalue weighted by Gasteiger charge is -2.14. The molecule has 1 aliphatic rings. The van der Waals surface area contributed by atoms with Crippen molar-refractivity contribution in [2.45, 2.75) is 18.9 Å². The van der Waals surface area contributed by atoms with Gasteiger partial charge >= 0.3 is 0 Å². The molecule has 0 aromatic rings. The molecule has 0 aromatic carbocycles. The third-order valence-electron chi connectivity index (χ3n) is 2.12. The maximum absolute atomic E-state index is 10.7. The van der Waals surface area contributed by atoms with Gasteiger partial charge in [0.2, 0.25) is 5.91 Å². The number of rotatable bonds is 5. The van der Waals surface area contributed by atoms with Crippen molar-refractivity contribution < 1.29 is 4.79 Å². The Balaban J connectivity index is 2.00. The van der Waals surface area contributed by atoms with Crippen LogP contribution in [0.2, 0.25) is 0 Å². The van der Waals surface area contributed by atoms with Gasteiger partial charge in [0.25, 0.3) is 0 Å². The maximum atomic E-state index is 10.7. The molecule has 3 nitrogen and oxygen atoms in total. The Labute approximate surface area is 73.4 Å². The molecule has 0 heterocycles. The van der Waals surface area contributed by atoms with E-state index in [4.69, 9.17) is 0 Å². The quantitative estimate of drug-likeness (QED) is 0.602. The summed E-state index contributed by atoms with van der Waals surface area (Å²) >= 11 is 0. The number of hydrogen-bond acceptors (Lipinski definition) is 2. The van der Waals surface area contributed by atoms with Crippen molar-refractivity contribution in [1.82, 2.24) is 10.2 Å². The summed E-state index contributed by atoms with van der Waals surface area (Å²) in [6, 6.07) is 0.769. The van der Waals surface area contributed by atoms with E-state index in [1.54, 1.807) is 0 Å². The SMILES string of the molecule is C=CC(=O)NCCN(C)C1CC1. The molecular formula is C9H16N2O. The summed E-state index contributed by atoms with van der Waals surface area (Å²) in [5, 5.41) is 2.75. The van der Waals surface area contributed by atoms with Gasteiger partial charge in [-0.15, -0.1) is 0 Å². The van der Waals surface area contributed by atoms with Crippen LogP contribution in [0.1, 0.15) is 12.8 Å². The standard InChI is InChI=1S/C9H16N2O/c1-3-9(12)10-6-7-11(2)8-4-5-8/h3,8H,1,4-7H2,2H3,(H,10,12). The van der Waals surface area contributed by atoms with E-state index in [1.165, 1.54) is 18.9 Å². The van der Waals surface area contributed by atoms with E-state index in [0.717, 1.165) is 19.1 Å². The number of hydrogen-bond donors (Lipinski definition) is 1. The number of carbonyl (C=O) groups is 1. The van der Waals surface area contributed by atoms with Crippen LogP contribution in [0.15, 0.2) is 12.7 Å². The highest BCUT2D eigenvalue weighted by Crippen LogP contribution is 2.24. The topological polar surface area (TPSA) is 32.3 Å². The van der Waals surface area contributed by atoms with Crippen molar-refractivity contribution >= 4 is 5.91 Å². The zero-order valence-corrected chi connectivity index (χ0v) is 7.55. The molecule has 0 radical (unpaired) electrons. The fourth-order valence-electron chi connectivity index (χ4n) is 1.13. The first-order valence-electron chi connectivity index (χ1n) is 4.34. The van der Waals surface area contributed by atoms with Crippen LogP contribution in [0.4, 0.5) is 0 Å². The molecule has 1 saturated carbocycles. The second-order valence-corrected chi connectivity index (χ2v) is 3.21. The minimum Gasteiger partial charge on any atom is -0.351 e. The molecule has 0 bridgehead atoms. The molecule has 3 heteroatoms. The molecule has 0 saturated heterocycles. The van der Waals surface area contributed by atoms with E-state index in [-0.39, 0.29) is 5.91 Å². The molecule has 12 heavy (non-hydrogen) atoms. The lowest BCUT2D eigenvalue weighted by Crippen LogP contribution is -2.33. The van der Waals surface area contributed by atoms with Crippen LogP contribution in [0.5, 0.6) is 0 Å². The van der Waals surface area contributed by atoms with Crippen LogP contribution in [0.3, 0.4) is 0 Å². The predicted molar refractivity (Wildman–Crippen MR) is 48.9 cm³/mol. The maximum Gasteiger partial charge on any atom is 0.243 e. The highest BCUT2D eigenvalue weighted by molar-refractivity contribution is 5.86. The van der Waals surface area contributed by atoms with Crippen LogP contribution in [-0.4, -0.2) is 37.0 Å². The summed E-state index contributed by atoms with van der Waals surface area (Å²) < 4.78 is 0. The Bertz CT molecular complexity index is 175. The highest BCUT2D eigenvalue weighted by Gasteiger charge is 2.25. The number of amides is 1. The van der Waals surface area contributed by atoms with E-state index in [1.807, 2.05) is 0 Å². The smallest absolute Gasteiger partial charge is 0.243 e. The zero-order chi connectivity index (χ0) is 8.97. The largest absolute Gasteiger partial charge is 0.351 e. The monoisotopic (exact) mass is 168 g/mol. The van der Waals surface area contributed by atoms with Crippen molar-refractivity contribution in [1.29, 1.82) is 0 Å². The molecule has 1 fully saturated rings. The Morgan fingerprint density at radius 1 is 1.75 bits per heavy atom. The highest BCUT2D eigenvalue weighted by atomic mass is 16.1. The first-order valence-corrected chi connectivity index (χ1v) is 4.34. The number of likely N-dealkylation sites (N-methyl/N-ethyl adjacent to an activating group) is 1. The van der Waals surface area contributed by atoms with Gasteiger partial charge in [0.05, 0.1) is 0 Å². The van der Waals surface area contributed by atoms with Gasteiger partial charge in [0.1, 0.15) is 0 Å². The number of carbonyl (C=O) groups excluding carboxylic acids is 1. The van der Waals surface area contributed by atoms with Crippen LogP contribution in [0.25, 0.3) is 0 Å². The van der Waals surface area contributed by atoms with Crippen LogP contribution < -0.4 is 5.32 Å². The first kappa shape index (κ1) is 9.26. The van der Waals surface area contributed by atoms with Crippen molar-refractivity contribution in [3.05, 3.63) is 12.7 Å². The van der Waals surface area contributed by atoms with Gasteiger partial charge in [-0.2, -0.15) is 0 Å². The lowest BCUT2D eigenvalue weighted by atomic mass is 10.5. The van der Waals surface area contributed by atoms with Gasteiger partial charge in [-0.05, 0) is 26.0 Å². The summed E-state index contributed by atoms with van der Waals surface area (Å²) in [7, 11) is 2.09. The van der Waals surface area contributed by atoms with Crippen LogP contribution >= 0.6 is 0 Å². The zero-order valence-electron chi connectivity index (χ0n) is 7.55. The summed E-state index contributed by atoms with van der Waals surface area (Å²) in [4.78, 5) is 13.0. The minimum absolute atomic E-state index is 0.0841. The van der Waals surface area contributed by atoms with Gasteiger partial charge in [-0.25, -0.2) is 0 Å². The van der Waals surface area contributed by atoms with Crippen molar-refractivity contribution in [3.8, 4) is 0 Å². The van der Waals surface area contributed by atoms with Gasteiger partial charge in [-0.1, -0.05) is 6.58 Å². The van der Waals surface area contributed by atoms with Crippen molar-refractivity contribution in [3.63, 3.8) is 0 Å². The Hall–Kier alpha value is -0.830. The molecule has 0 atom stereocenters. The molecule has 1 rings (SSSR count). The molecule has 1 N–H and O–H groups in total. The average molecular weight is 168 g/mol. The predicted octanol–water partition coefficient (Wildman–Crippen LogP) is 0.383. The number of nitrogens with one attached hydrogen (secondary N) is 1. The summed E-state index contributed by atoms with van der Waals surface area (Å²) in [5.74, 6) is -0.0841. The first-order chi connectivity index (χ1) is 5.74. The van der Waals surface area contributed by atoms with Crippen molar-refractivity contribution in [2.75, 3.05) is 20.1 Å². The molecule has 1 aliphatic carbocycles. The Morgan fingerprint density at radius 3 is 2.92 bits per heavy atom. The molecule has 0 spiro atoms. The van der Waals surface area contributed by atoms with E-state index in [9.17, 15) is 4.79 Å². The lowest BCUT2D eigenvalue weighted by molar-refractivity contribution is -0.116. The fourth-order valence-corrected chi connectivity index (χ4v) is 1.13. The molecule has 0 aliphatic heterocycles. The van der Waals surface area contributed by atoms with Crippen LogP contribution in [-0.2, 0) is 4.79 Å². The second-order valence-electron chi connectivity index (χ2n) is 3.21. The van der Waals surface area contributed by atoms with Crippen LogP contribution in [0, 0.1) is 0 Å². The fraction of sp³-hybridized carbons (Fsp3) is 0.667. The summed E-state index contributed by atoms with van der Waals surface area (Å²) in [5.41, 5.74) is 0. The third-order valence-corrected chi connectivity index (χ3v) is 2.12. The van der Waals surface area contributed by atoms with Gasteiger partial charge in [-0.3, -0.25) is 4.79 Å². The average Bonchev–Trinajstić information content (AvgIpc) is 2.86. The van der Waals surface area contributed by atoms with Gasteiger partial charge in [0, 0.05) is 19.1 Å². The van der Waals surface area contributed by atoms with E-state index >= 15 is 0 Å². The molecular weight excluding hydrogens is 152 g/mol. The molecule has 1 amide bonds. The van der Waals surface area contributed by atoms with Gasteiger partial charge in [0.15, 0.2) is 0 Å². The van der Waals surface area contributed by atoms with E-state index in [0.29, 0.717) is 0 Å². The minimum atomic E-state index is -0.0841. The second kappa shape index (κ2) is 4.26. The molecule has 0 unspecified atom stereocenters. The third kappa shape index (κ3) is 3.05. The van der Waals surface area contributed by atoms with E-state index in [2.05, 4.69) is 23.8 Å².